The SMILES string of the molecule is CNC(=O)CCNC(=O)OCC1CCCN(C)C1. The van der Waals surface area contributed by atoms with Crippen LogP contribution in [0.5, 0.6) is 0 Å². The maximum Gasteiger partial charge on any atom is 0.407 e. The van der Waals surface area contributed by atoms with Gasteiger partial charge in [0.2, 0.25) is 5.91 Å². The summed E-state index contributed by atoms with van der Waals surface area (Å²) < 4.78 is 5.14. The van der Waals surface area contributed by atoms with Crippen LogP contribution < -0.4 is 10.6 Å². The van der Waals surface area contributed by atoms with Crippen LogP contribution in [-0.2, 0) is 9.53 Å². The van der Waals surface area contributed by atoms with Crippen LogP contribution >= 0.6 is 0 Å². The molecule has 0 saturated carbocycles. The van der Waals surface area contributed by atoms with Gasteiger partial charge in [-0.25, -0.2) is 4.79 Å². The molecule has 1 heterocycles. The summed E-state index contributed by atoms with van der Waals surface area (Å²) in [5.74, 6) is 0.331. The molecule has 0 aliphatic carbocycles. The number of nitrogens with zero attached hydrogens (tertiary/aromatic N) is 1. The van der Waals surface area contributed by atoms with Crippen molar-refractivity contribution in [2.75, 3.05) is 40.3 Å². The minimum absolute atomic E-state index is 0.0933. The Kier molecular flexibility index (Phi) is 6.49. The number of hydrogen-bond donors (Lipinski definition) is 2. The monoisotopic (exact) mass is 257 g/mol. The molecule has 104 valence electrons. The molecule has 0 aromatic heterocycles. The number of amides is 2. The maximum absolute atomic E-state index is 11.4. The molecule has 1 saturated heterocycles. The summed E-state index contributed by atoms with van der Waals surface area (Å²) in [7, 11) is 3.65. The number of ether oxygens (including phenoxy) is 1. The van der Waals surface area contributed by atoms with Crippen LogP contribution in [0.1, 0.15) is 19.3 Å². The highest BCUT2D eigenvalue weighted by atomic mass is 16.5. The second-order valence-electron chi connectivity index (χ2n) is 4.72. The zero-order valence-electron chi connectivity index (χ0n) is 11.2. The predicted octanol–water partition coefficient (Wildman–Crippen LogP) is 0.191. The van der Waals surface area contributed by atoms with Crippen molar-refractivity contribution in [3.05, 3.63) is 0 Å². The molecule has 0 bridgehead atoms. The second-order valence-corrected chi connectivity index (χ2v) is 4.72. The van der Waals surface area contributed by atoms with E-state index in [1.54, 1.807) is 7.05 Å². The summed E-state index contributed by atoms with van der Waals surface area (Å²) in [6, 6.07) is 0. The first-order valence-corrected chi connectivity index (χ1v) is 6.41. The molecule has 1 aliphatic rings. The zero-order chi connectivity index (χ0) is 13.4. The van der Waals surface area contributed by atoms with E-state index in [4.69, 9.17) is 4.74 Å². The molecule has 0 aromatic rings. The fourth-order valence-corrected chi connectivity index (χ4v) is 2.06. The Labute approximate surface area is 108 Å². The minimum Gasteiger partial charge on any atom is -0.449 e. The third kappa shape index (κ3) is 5.86. The summed E-state index contributed by atoms with van der Waals surface area (Å²) in [6.07, 6.45) is 2.10. The van der Waals surface area contributed by atoms with Crippen molar-refractivity contribution >= 4 is 12.0 Å². The topological polar surface area (TPSA) is 70.7 Å². The molecular formula is C12H23N3O3. The van der Waals surface area contributed by atoms with Gasteiger partial charge in [0.1, 0.15) is 0 Å². The fourth-order valence-electron chi connectivity index (χ4n) is 2.06. The van der Waals surface area contributed by atoms with Gasteiger partial charge in [-0.1, -0.05) is 0 Å². The Morgan fingerprint density at radius 1 is 1.44 bits per heavy atom. The quantitative estimate of drug-likeness (QED) is 0.737. The van der Waals surface area contributed by atoms with E-state index in [0.717, 1.165) is 25.9 Å². The third-order valence-electron chi connectivity index (χ3n) is 3.07. The number of nitrogens with one attached hydrogen (secondary N) is 2. The van der Waals surface area contributed by atoms with Crippen molar-refractivity contribution in [2.24, 2.45) is 5.92 Å². The first-order valence-electron chi connectivity index (χ1n) is 6.41. The van der Waals surface area contributed by atoms with Gasteiger partial charge < -0.3 is 20.3 Å². The van der Waals surface area contributed by atoms with Crippen molar-refractivity contribution in [1.29, 1.82) is 0 Å². The van der Waals surface area contributed by atoms with E-state index in [1.165, 1.54) is 0 Å². The summed E-state index contributed by atoms with van der Waals surface area (Å²) in [6.45, 7) is 2.86. The third-order valence-corrected chi connectivity index (χ3v) is 3.07. The molecular weight excluding hydrogens is 234 g/mol. The highest BCUT2D eigenvalue weighted by Crippen LogP contribution is 2.14. The number of piperidine rings is 1. The van der Waals surface area contributed by atoms with Crippen LogP contribution in [-0.4, -0.2) is 57.2 Å². The van der Waals surface area contributed by atoms with Crippen LogP contribution in [0.25, 0.3) is 0 Å². The highest BCUT2D eigenvalue weighted by Gasteiger charge is 2.18. The van der Waals surface area contributed by atoms with Gasteiger partial charge in [-0.3, -0.25) is 4.79 Å². The van der Waals surface area contributed by atoms with Crippen LogP contribution in [0.4, 0.5) is 4.79 Å². The predicted molar refractivity (Wildman–Crippen MR) is 68.3 cm³/mol. The first-order chi connectivity index (χ1) is 8.61. The summed E-state index contributed by atoms with van der Waals surface area (Å²) in [4.78, 5) is 24.5. The molecule has 1 rings (SSSR count). The zero-order valence-corrected chi connectivity index (χ0v) is 11.2. The Morgan fingerprint density at radius 2 is 2.22 bits per heavy atom. The second kappa shape index (κ2) is 7.92. The minimum atomic E-state index is -0.438. The largest absolute Gasteiger partial charge is 0.449 e. The molecule has 0 radical (unpaired) electrons. The van der Waals surface area contributed by atoms with Gasteiger partial charge in [0, 0.05) is 32.5 Å². The number of likely N-dealkylation sites (tertiary alicyclic amines) is 1. The molecule has 0 aromatic carbocycles. The van der Waals surface area contributed by atoms with E-state index in [9.17, 15) is 9.59 Å². The van der Waals surface area contributed by atoms with E-state index in [-0.39, 0.29) is 12.3 Å². The van der Waals surface area contributed by atoms with Gasteiger partial charge in [-0.15, -0.1) is 0 Å². The number of alkyl carbamates (subject to hydrolysis) is 1. The normalized spacial score (nSPS) is 20.2. The van der Waals surface area contributed by atoms with E-state index < -0.39 is 6.09 Å². The van der Waals surface area contributed by atoms with Crippen LogP contribution in [0.15, 0.2) is 0 Å². The first kappa shape index (κ1) is 14.8. The number of carbonyl (C=O) groups excluding carboxylic acids is 2. The standard InChI is InChI=1S/C12H23N3O3/c1-13-11(16)5-6-14-12(17)18-9-10-4-3-7-15(2)8-10/h10H,3-9H2,1-2H3,(H,13,16)(H,14,17). The van der Waals surface area contributed by atoms with Crippen molar-refractivity contribution in [1.82, 2.24) is 15.5 Å². The van der Waals surface area contributed by atoms with Crippen molar-refractivity contribution in [3.8, 4) is 0 Å². The molecule has 1 unspecified atom stereocenters. The molecule has 18 heavy (non-hydrogen) atoms. The highest BCUT2D eigenvalue weighted by molar-refractivity contribution is 5.76. The van der Waals surface area contributed by atoms with Gasteiger partial charge in [-0.2, -0.15) is 0 Å². The van der Waals surface area contributed by atoms with E-state index in [1.807, 2.05) is 0 Å². The Balaban J connectivity index is 2.07. The average Bonchev–Trinajstić information content (AvgIpc) is 2.36. The summed E-state index contributed by atoms with van der Waals surface area (Å²) in [5.41, 5.74) is 0. The molecule has 1 atom stereocenters. The van der Waals surface area contributed by atoms with E-state index in [2.05, 4.69) is 22.6 Å². The summed E-state index contributed by atoms with van der Waals surface area (Å²) in [5, 5.41) is 5.05. The lowest BCUT2D eigenvalue weighted by atomic mass is 10.00. The van der Waals surface area contributed by atoms with Crippen molar-refractivity contribution < 1.29 is 14.3 Å². The number of carbonyl (C=O) groups is 2. The molecule has 6 nitrogen and oxygen atoms in total. The molecule has 0 spiro atoms. The van der Waals surface area contributed by atoms with Crippen molar-refractivity contribution in [3.63, 3.8) is 0 Å². The van der Waals surface area contributed by atoms with Gasteiger partial charge in [0.15, 0.2) is 0 Å². The van der Waals surface area contributed by atoms with E-state index in [0.29, 0.717) is 19.1 Å². The Bertz CT molecular complexity index is 284. The average molecular weight is 257 g/mol. The lowest BCUT2D eigenvalue weighted by Gasteiger charge is -2.29. The maximum atomic E-state index is 11.4. The van der Waals surface area contributed by atoms with Crippen LogP contribution in [0, 0.1) is 5.92 Å². The fraction of sp³-hybridized carbons (Fsp3) is 0.833. The van der Waals surface area contributed by atoms with Crippen LogP contribution in [0.3, 0.4) is 0 Å². The lowest BCUT2D eigenvalue weighted by molar-refractivity contribution is -0.120. The van der Waals surface area contributed by atoms with E-state index >= 15 is 0 Å². The van der Waals surface area contributed by atoms with Gasteiger partial charge in [0.05, 0.1) is 6.61 Å². The van der Waals surface area contributed by atoms with Gasteiger partial charge in [0.25, 0.3) is 0 Å². The van der Waals surface area contributed by atoms with Gasteiger partial charge >= 0.3 is 6.09 Å². The van der Waals surface area contributed by atoms with Gasteiger partial charge in [-0.05, 0) is 26.4 Å². The molecule has 2 amide bonds. The van der Waals surface area contributed by atoms with Crippen LogP contribution in [0.2, 0.25) is 0 Å². The molecule has 2 N–H and O–H groups in total. The Hall–Kier alpha value is -1.30. The molecule has 1 aliphatic heterocycles. The Morgan fingerprint density at radius 3 is 2.89 bits per heavy atom. The number of rotatable bonds is 5. The number of hydrogen-bond acceptors (Lipinski definition) is 4. The molecule has 1 fully saturated rings. The van der Waals surface area contributed by atoms with Crippen molar-refractivity contribution in [2.45, 2.75) is 19.3 Å². The smallest absolute Gasteiger partial charge is 0.407 e. The molecule has 6 heteroatoms. The lowest BCUT2D eigenvalue weighted by Crippen LogP contribution is -2.36. The summed E-state index contributed by atoms with van der Waals surface area (Å²) >= 11 is 0.